The van der Waals surface area contributed by atoms with Crippen molar-refractivity contribution in [3.8, 4) is 0 Å². The summed E-state index contributed by atoms with van der Waals surface area (Å²) in [6.07, 6.45) is -4.33. The van der Waals surface area contributed by atoms with Gasteiger partial charge in [-0.25, -0.2) is 0 Å². The van der Waals surface area contributed by atoms with Crippen molar-refractivity contribution in [3.63, 3.8) is 0 Å². The van der Waals surface area contributed by atoms with Crippen LogP contribution in [0.3, 0.4) is 0 Å². The third-order valence-electron chi connectivity index (χ3n) is 2.22. The Labute approximate surface area is 108 Å². The van der Waals surface area contributed by atoms with Crippen LogP contribution in [0.15, 0.2) is 24.3 Å². The van der Waals surface area contributed by atoms with Gasteiger partial charge in [-0.15, -0.1) is 12.4 Å². The lowest BCUT2D eigenvalue weighted by Crippen LogP contribution is -2.26. The molecule has 18 heavy (non-hydrogen) atoms. The lowest BCUT2D eigenvalue weighted by Gasteiger charge is -2.10. The summed E-state index contributed by atoms with van der Waals surface area (Å²) in [6, 6.07) is 3.95. The van der Waals surface area contributed by atoms with Crippen molar-refractivity contribution in [1.82, 2.24) is 0 Å². The Morgan fingerprint density at radius 1 is 1.28 bits per heavy atom. The molecule has 1 aromatic carbocycles. The standard InChI is InChI=1S/C11H12F3NO2.ClH/c12-11(13,14)8-3-1-7(2-4-8)5-9(15)6-10(16)17;/h1-4,9H,5-6,15H2,(H,16,17);1H/t9-;/m1./s1. The third-order valence-corrected chi connectivity index (χ3v) is 2.22. The number of alkyl halides is 3. The van der Waals surface area contributed by atoms with Crippen molar-refractivity contribution in [2.45, 2.75) is 25.1 Å². The molecule has 0 aliphatic rings. The average molecular weight is 284 g/mol. The van der Waals surface area contributed by atoms with Crippen LogP contribution in [0.4, 0.5) is 13.2 Å². The van der Waals surface area contributed by atoms with Gasteiger partial charge in [-0.3, -0.25) is 4.79 Å². The van der Waals surface area contributed by atoms with E-state index < -0.39 is 23.8 Å². The molecule has 102 valence electrons. The van der Waals surface area contributed by atoms with Crippen molar-refractivity contribution < 1.29 is 23.1 Å². The Bertz CT molecular complexity index is 392. The van der Waals surface area contributed by atoms with E-state index in [-0.39, 0.29) is 25.2 Å². The number of hydrogen-bond donors (Lipinski definition) is 2. The Morgan fingerprint density at radius 3 is 2.17 bits per heavy atom. The van der Waals surface area contributed by atoms with E-state index in [2.05, 4.69) is 0 Å². The number of carboxylic acids is 1. The number of carbonyl (C=O) groups is 1. The first-order chi connectivity index (χ1) is 7.79. The van der Waals surface area contributed by atoms with Gasteiger partial charge in [0.25, 0.3) is 0 Å². The molecule has 0 aliphatic carbocycles. The van der Waals surface area contributed by atoms with E-state index in [1.165, 1.54) is 12.1 Å². The first-order valence-corrected chi connectivity index (χ1v) is 4.92. The number of benzene rings is 1. The summed E-state index contributed by atoms with van der Waals surface area (Å²) in [4.78, 5) is 10.4. The molecule has 0 fully saturated rings. The van der Waals surface area contributed by atoms with E-state index in [1.54, 1.807) is 0 Å². The van der Waals surface area contributed by atoms with Crippen molar-refractivity contribution in [2.24, 2.45) is 5.73 Å². The summed E-state index contributed by atoms with van der Waals surface area (Å²) >= 11 is 0. The van der Waals surface area contributed by atoms with Gasteiger partial charge in [0.05, 0.1) is 12.0 Å². The molecule has 0 saturated heterocycles. The molecule has 0 bridgehead atoms. The molecule has 0 saturated carbocycles. The smallest absolute Gasteiger partial charge is 0.416 e. The van der Waals surface area contributed by atoms with Gasteiger partial charge >= 0.3 is 12.1 Å². The van der Waals surface area contributed by atoms with Crippen LogP contribution in [0.25, 0.3) is 0 Å². The van der Waals surface area contributed by atoms with Gasteiger partial charge in [0, 0.05) is 6.04 Å². The lowest BCUT2D eigenvalue weighted by molar-refractivity contribution is -0.138. The third kappa shape index (κ3) is 5.37. The maximum absolute atomic E-state index is 12.3. The van der Waals surface area contributed by atoms with Crippen LogP contribution >= 0.6 is 12.4 Å². The predicted molar refractivity (Wildman–Crippen MR) is 62.6 cm³/mol. The van der Waals surface area contributed by atoms with Crippen molar-refractivity contribution in [3.05, 3.63) is 35.4 Å². The van der Waals surface area contributed by atoms with Gasteiger partial charge in [0.2, 0.25) is 0 Å². The minimum atomic E-state index is -4.36. The van der Waals surface area contributed by atoms with Crippen LogP contribution in [-0.2, 0) is 17.4 Å². The summed E-state index contributed by atoms with van der Waals surface area (Å²) in [6.45, 7) is 0. The normalized spacial score (nSPS) is 12.7. The molecular weight excluding hydrogens is 271 g/mol. The molecule has 0 amide bonds. The van der Waals surface area contributed by atoms with Gasteiger partial charge in [-0.1, -0.05) is 12.1 Å². The fourth-order valence-corrected chi connectivity index (χ4v) is 1.43. The first kappa shape index (κ1) is 16.7. The topological polar surface area (TPSA) is 63.3 Å². The second kappa shape index (κ2) is 6.61. The monoisotopic (exact) mass is 283 g/mol. The lowest BCUT2D eigenvalue weighted by atomic mass is 10.0. The summed E-state index contributed by atoms with van der Waals surface area (Å²) in [5, 5.41) is 8.48. The summed E-state index contributed by atoms with van der Waals surface area (Å²) < 4.78 is 36.8. The molecule has 1 rings (SSSR count). The molecule has 0 spiro atoms. The zero-order valence-corrected chi connectivity index (χ0v) is 10.1. The van der Waals surface area contributed by atoms with E-state index in [0.29, 0.717) is 5.56 Å². The zero-order chi connectivity index (χ0) is 13.1. The van der Waals surface area contributed by atoms with Crippen molar-refractivity contribution in [2.75, 3.05) is 0 Å². The van der Waals surface area contributed by atoms with Crippen LogP contribution in [0.1, 0.15) is 17.5 Å². The van der Waals surface area contributed by atoms with Gasteiger partial charge in [0.1, 0.15) is 0 Å². The van der Waals surface area contributed by atoms with Gasteiger partial charge in [0.15, 0.2) is 0 Å². The van der Waals surface area contributed by atoms with E-state index in [0.717, 1.165) is 12.1 Å². The molecule has 0 aromatic heterocycles. The van der Waals surface area contributed by atoms with E-state index in [9.17, 15) is 18.0 Å². The highest BCUT2D eigenvalue weighted by molar-refractivity contribution is 5.85. The fraction of sp³-hybridized carbons (Fsp3) is 0.364. The van der Waals surface area contributed by atoms with Crippen LogP contribution in [0, 0.1) is 0 Å². The molecule has 0 aliphatic heterocycles. The minimum absolute atomic E-state index is 0. The van der Waals surface area contributed by atoms with E-state index in [1.807, 2.05) is 0 Å². The Morgan fingerprint density at radius 2 is 1.78 bits per heavy atom. The van der Waals surface area contributed by atoms with Gasteiger partial charge in [-0.05, 0) is 24.1 Å². The number of aliphatic carboxylic acids is 1. The van der Waals surface area contributed by atoms with E-state index >= 15 is 0 Å². The quantitative estimate of drug-likeness (QED) is 0.892. The molecule has 0 heterocycles. The Hall–Kier alpha value is -1.27. The number of nitrogens with two attached hydrogens (primary N) is 1. The fourth-order valence-electron chi connectivity index (χ4n) is 1.43. The average Bonchev–Trinajstić information content (AvgIpc) is 2.15. The second-order valence-corrected chi connectivity index (χ2v) is 3.76. The number of halogens is 4. The molecule has 7 heteroatoms. The Kier molecular flexibility index (Phi) is 6.14. The van der Waals surface area contributed by atoms with Crippen molar-refractivity contribution >= 4 is 18.4 Å². The molecule has 0 unspecified atom stereocenters. The number of carboxylic acid groups (broad SMARTS) is 1. The summed E-state index contributed by atoms with van der Waals surface area (Å²) in [7, 11) is 0. The number of rotatable bonds is 4. The largest absolute Gasteiger partial charge is 0.481 e. The summed E-state index contributed by atoms with van der Waals surface area (Å²) in [5.74, 6) is -1.02. The SMILES string of the molecule is Cl.N[C@@H](CC(=O)O)Cc1ccc(C(F)(F)F)cc1. The van der Waals surface area contributed by atoms with Crippen LogP contribution in [0.5, 0.6) is 0 Å². The molecule has 0 radical (unpaired) electrons. The van der Waals surface area contributed by atoms with Crippen molar-refractivity contribution in [1.29, 1.82) is 0 Å². The predicted octanol–water partition coefficient (Wildman–Crippen LogP) is 2.47. The highest BCUT2D eigenvalue weighted by Gasteiger charge is 2.29. The van der Waals surface area contributed by atoms with E-state index in [4.69, 9.17) is 10.8 Å². The maximum Gasteiger partial charge on any atom is 0.416 e. The molecule has 3 nitrogen and oxygen atoms in total. The van der Waals surface area contributed by atoms with Crippen LogP contribution < -0.4 is 5.73 Å². The van der Waals surface area contributed by atoms with Gasteiger partial charge in [-0.2, -0.15) is 13.2 Å². The van der Waals surface area contributed by atoms with Crippen LogP contribution in [-0.4, -0.2) is 17.1 Å². The summed E-state index contributed by atoms with van der Waals surface area (Å²) in [5.41, 5.74) is 5.39. The second-order valence-electron chi connectivity index (χ2n) is 3.76. The highest BCUT2D eigenvalue weighted by atomic mass is 35.5. The maximum atomic E-state index is 12.3. The Balaban J connectivity index is 0.00000289. The molecule has 3 N–H and O–H groups in total. The molecular formula is C11H13ClF3NO2. The highest BCUT2D eigenvalue weighted by Crippen LogP contribution is 2.29. The zero-order valence-electron chi connectivity index (χ0n) is 9.28. The number of hydrogen-bond acceptors (Lipinski definition) is 2. The molecule has 1 aromatic rings. The van der Waals surface area contributed by atoms with Crippen LogP contribution in [0.2, 0.25) is 0 Å². The molecule has 1 atom stereocenters. The van der Waals surface area contributed by atoms with Gasteiger partial charge < -0.3 is 10.8 Å². The minimum Gasteiger partial charge on any atom is -0.481 e. The first-order valence-electron chi connectivity index (χ1n) is 4.92.